The van der Waals surface area contributed by atoms with Crippen LogP contribution in [0.3, 0.4) is 0 Å². The average Bonchev–Trinajstić information content (AvgIpc) is 3.21. The van der Waals surface area contributed by atoms with E-state index in [-0.39, 0.29) is 24.0 Å². The normalized spacial score (nSPS) is 16.3. The number of ether oxygens (including phenoxy) is 4. The first-order chi connectivity index (χ1) is 19.7. The van der Waals surface area contributed by atoms with E-state index in [1.165, 1.54) is 12.0 Å². The zero-order chi connectivity index (χ0) is 29.5. The standard InChI is InChI=1S/C33H37NO7/c1-21(2)41-27-15-12-24(19-28(27)39-5)30-29(32(36)33(37)34(30)16-9-17-38-4)31(35)25-13-14-26(22(3)18-25)40-20-23-10-7-6-8-11-23/h6-8,10-15,18-19,21,30,35H,9,16-17,20H2,1-5H3/b31-29-. The largest absolute Gasteiger partial charge is 0.507 e. The van der Waals surface area contributed by atoms with Gasteiger partial charge in [-0.05, 0) is 74.2 Å². The lowest BCUT2D eigenvalue weighted by molar-refractivity contribution is -0.140. The SMILES string of the molecule is COCCCN1C(=O)C(=O)/C(=C(\O)c2ccc(OCc3ccccc3)c(C)c2)C1c1ccc(OC(C)C)c(OC)c1. The lowest BCUT2D eigenvalue weighted by atomic mass is 9.94. The van der Waals surface area contributed by atoms with E-state index in [2.05, 4.69) is 0 Å². The van der Waals surface area contributed by atoms with Crippen molar-refractivity contribution in [3.8, 4) is 17.2 Å². The summed E-state index contributed by atoms with van der Waals surface area (Å²) in [5.41, 5.74) is 2.88. The molecule has 4 rings (SSSR count). The molecule has 0 aromatic heterocycles. The number of carbonyl (C=O) groups is 2. The number of ketones is 1. The van der Waals surface area contributed by atoms with Crippen LogP contribution in [0.25, 0.3) is 5.76 Å². The molecule has 1 aliphatic heterocycles. The van der Waals surface area contributed by atoms with Crippen molar-refractivity contribution in [2.75, 3.05) is 27.4 Å². The molecule has 1 unspecified atom stereocenters. The molecule has 1 amide bonds. The maximum absolute atomic E-state index is 13.4. The summed E-state index contributed by atoms with van der Waals surface area (Å²) in [5, 5.41) is 11.5. The second-order valence-corrected chi connectivity index (χ2v) is 10.2. The van der Waals surface area contributed by atoms with Crippen LogP contribution >= 0.6 is 0 Å². The van der Waals surface area contributed by atoms with Crippen LogP contribution in [-0.2, 0) is 20.9 Å². The summed E-state index contributed by atoms with van der Waals surface area (Å²) in [4.78, 5) is 28.1. The lowest BCUT2D eigenvalue weighted by Gasteiger charge is -2.26. The third kappa shape index (κ3) is 6.72. The molecule has 0 radical (unpaired) electrons. The number of likely N-dealkylation sites (tertiary alicyclic amines) is 1. The summed E-state index contributed by atoms with van der Waals surface area (Å²) in [6.45, 7) is 6.80. The second kappa shape index (κ2) is 13.4. The van der Waals surface area contributed by atoms with Gasteiger partial charge in [0.25, 0.3) is 11.7 Å². The fourth-order valence-electron chi connectivity index (χ4n) is 4.89. The highest BCUT2D eigenvalue weighted by atomic mass is 16.5. The molecule has 0 bridgehead atoms. The van der Waals surface area contributed by atoms with E-state index in [9.17, 15) is 14.7 Å². The minimum atomic E-state index is -0.817. The average molecular weight is 560 g/mol. The summed E-state index contributed by atoms with van der Waals surface area (Å²) in [6.07, 6.45) is 0.454. The molecule has 3 aromatic rings. The van der Waals surface area contributed by atoms with Gasteiger partial charge in [0.1, 0.15) is 18.1 Å². The highest BCUT2D eigenvalue weighted by Gasteiger charge is 2.46. The van der Waals surface area contributed by atoms with E-state index >= 15 is 0 Å². The summed E-state index contributed by atoms with van der Waals surface area (Å²) in [5.74, 6) is 0.00933. The summed E-state index contributed by atoms with van der Waals surface area (Å²) < 4.78 is 22.6. The van der Waals surface area contributed by atoms with Crippen molar-refractivity contribution in [1.29, 1.82) is 0 Å². The van der Waals surface area contributed by atoms with Crippen LogP contribution in [0.2, 0.25) is 0 Å². The van der Waals surface area contributed by atoms with E-state index in [0.717, 1.165) is 11.1 Å². The molecule has 1 saturated heterocycles. The molecule has 0 saturated carbocycles. The Bertz CT molecular complexity index is 1410. The molecule has 8 nitrogen and oxygen atoms in total. The van der Waals surface area contributed by atoms with Crippen LogP contribution in [0.4, 0.5) is 0 Å². The topological polar surface area (TPSA) is 94.5 Å². The predicted octanol–water partition coefficient (Wildman–Crippen LogP) is 5.83. The molecule has 1 atom stereocenters. The molecule has 0 spiro atoms. The molecular weight excluding hydrogens is 522 g/mol. The van der Waals surface area contributed by atoms with Gasteiger partial charge in [0.2, 0.25) is 0 Å². The second-order valence-electron chi connectivity index (χ2n) is 10.2. The van der Waals surface area contributed by atoms with Gasteiger partial charge in [-0.2, -0.15) is 0 Å². The lowest BCUT2D eigenvalue weighted by Crippen LogP contribution is -2.31. The Kier molecular flexibility index (Phi) is 9.68. The Morgan fingerprint density at radius 2 is 1.68 bits per heavy atom. The van der Waals surface area contributed by atoms with Gasteiger partial charge in [-0.1, -0.05) is 36.4 Å². The Hall–Kier alpha value is -4.30. The zero-order valence-corrected chi connectivity index (χ0v) is 24.2. The highest BCUT2D eigenvalue weighted by molar-refractivity contribution is 6.46. The molecule has 3 aromatic carbocycles. The first-order valence-electron chi connectivity index (χ1n) is 13.6. The van der Waals surface area contributed by atoms with Crippen molar-refractivity contribution in [2.45, 2.75) is 45.9 Å². The number of carbonyl (C=O) groups excluding carboxylic acids is 2. The minimum absolute atomic E-state index is 0.0179. The van der Waals surface area contributed by atoms with E-state index < -0.39 is 17.7 Å². The van der Waals surface area contributed by atoms with Gasteiger partial charge in [-0.25, -0.2) is 0 Å². The monoisotopic (exact) mass is 559 g/mol. The number of nitrogens with zero attached hydrogens (tertiary/aromatic N) is 1. The highest BCUT2D eigenvalue weighted by Crippen LogP contribution is 2.42. The molecule has 41 heavy (non-hydrogen) atoms. The van der Waals surface area contributed by atoms with Gasteiger partial charge in [0.15, 0.2) is 11.5 Å². The van der Waals surface area contributed by atoms with Crippen molar-refractivity contribution in [1.82, 2.24) is 4.90 Å². The molecule has 216 valence electrons. The van der Waals surface area contributed by atoms with Gasteiger partial charge < -0.3 is 29.0 Å². The van der Waals surface area contributed by atoms with E-state index in [1.807, 2.05) is 51.1 Å². The fourth-order valence-corrected chi connectivity index (χ4v) is 4.89. The number of aliphatic hydroxyl groups excluding tert-OH is 1. The molecule has 1 N–H and O–H groups in total. The molecule has 1 heterocycles. The number of Topliss-reactive ketones (excluding diaryl/α,β-unsaturated/α-hetero) is 1. The molecule has 8 heteroatoms. The van der Waals surface area contributed by atoms with Gasteiger partial charge in [0.05, 0.1) is 24.8 Å². The van der Waals surface area contributed by atoms with Crippen LogP contribution in [-0.4, -0.2) is 55.2 Å². The van der Waals surface area contributed by atoms with Crippen LogP contribution in [0.1, 0.15) is 48.6 Å². The third-order valence-electron chi connectivity index (χ3n) is 6.84. The Labute approximate surface area is 241 Å². The number of methoxy groups -OCH3 is 2. The van der Waals surface area contributed by atoms with Crippen molar-refractivity contribution < 1.29 is 33.6 Å². The van der Waals surface area contributed by atoms with Crippen molar-refractivity contribution >= 4 is 17.4 Å². The van der Waals surface area contributed by atoms with Crippen LogP contribution in [0.15, 0.2) is 72.3 Å². The number of rotatable bonds is 12. The molecule has 1 fully saturated rings. The maximum atomic E-state index is 13.4. The number of aryl methyl sites for hydroxylation is 1. The van der Waals surface area contributed by atoms with Crippen LogP contribution < -0.4 is 14.2 Å². The van der Waals surface area contributed by atoms with Crippen molar-refractivity contribution in [3.63, 3.8) is 0 Å². The first kappa shape index (κ1) is 29.7. The van der Waals surface area contributed by atoms with Gasteiger partial charge in [0, 0.05) is 25.8 Å². The summed E-state index contributed by atoms with van der Waals surface area (Å²) >= 11 is 0. The zero-order valence-electron chi connectivity index (χ0n) is 24.2. The number of amides is 1. The van der Waals surface area contributed by atoms with Gasteiger partial charge in [-0.15, -0.1) is 0 Å². The quantitative estimate of drug-likeness (QED) is 0.129. The molecule has 1 aliphatic rings. The van der Waals surface area contributed by atoms with Gasteiger partial charge in [-0.3, -0.25) is 9.59 Å². The van der Waals surface area contributed by atoms with Gasteiger partial charge >= 0.3 is 0 Å². The Morgan fingerprint density at radius 1 is 0.951 bits per heavy atom. The Balaban J connectivity index is 1.73. The molecule has 0 aliphatic carbocycles. The van der Waals surface area contributed by atoms with Crippen LogP contribution in [0.5, 0.6) is 17.2 Å². The summed E-state index contributed by atoms with van der Waals surface area (Å²) in [6, 6.07) is 19.5. The summed E-state index contributed by atoms with van der Waals surface area (Å²) in [7, 11) is 3.12. The third-order valence-corrected chi connectivity index (χ3v) is 6.84. The smallest absolute Gasteiger partial charge is 0.295 e. The Morgan fingerprint density at radius 3 is 2.34 bits per heavy atom. The minimum Gasteiger partial charge on any atom is -0.507 e. The number of aliphatic hydroxyl groups is 1. The van der Waals surface area contributed by atoms with Crippen molar-refractivity contribution in [2.24, 2.45) is 0 Å². The van der Waals surface area contributed by atoms with E-state index in [1.54, 1.807) is 43.5 Å². The van der Waals surface area contributed by atoms with Crippen LogP contribution in [0, 0.1) is 6.92 Å². The van der Waals surface area contributed by atoms with E-state index in [4.69, 9.17) is 18.9 Å². The maximum Gasteiger partial charge on any atom is 0.295 e. The van der Waals surface area contributed by atoms with E-state index in [0.29, 0.717) is 48.0 Å². The number of benzene rings is 3. The predicted molar refractivity (Wildman–Crippen MR) is 156 cm³/mol. The molecular formula is C33H37NO7. The number of hydrogen-bond donors (Lipinski definition) is 1. The van der Waals surface area contributed by atoms with Crippen molar-refractivity contribution in [3.05, 3.63) is 94.6 Å². The number of hydrogen-bond acceptors (Lipinski definition) is 7. The first-order valence-corrected chi connectivity index (χ1v) is 13.6. The fraction of sp³-hybridized carbons (Fsp3) is 0.333.